The Balaban J connectivity index is 1.55. The standard InChI is InChI=1S/C20H36N2O2/c1-15-9-3-5-11-17(15)21-19(23)13-7-8-14-20(24)22-18-12-6-4-10-16(18)2/h15-18H,3-14H2,1-2H3,(H,21,23)(H,22,24)/t15-,16+,17+,18-. The summed E-state index contributed by atoms with van der Waals surface area (Å²) in [6.45, 7) is 4.47. The maximum atomic E-state index is 12.0. The lowest BCUT2D eigenvalue weighted by Crippen LogP contribution is -2.41. The summed E-state index contributed by atoms with van der Waals surface area (Å²) in [5, 5.41) is 6.38. The Hall–Kier alpha value is -1.06. The second kappa shape index (κ2) is 10.0. The maximum absolute atomic E-state index is 12.0. The van der Waals surface area contributed by atoms with Crippen LogP contribution in [0.3, 0.4) is 0 Å². The van der Waals surface area contributed by atoms with Gasteiger partial charge in [-0.05, 0) is 50.4 Å². The van der Waals surface area contributed by atoms with Gasteiger partial charge in [0.25, 0.3) is 0 Å². The second-order valence-corrected chi connectivity index (χ2v) is 8.08. The molecule has 2 rings (SSSR count). The summed E-state index contributed by atoms with van der Waals surface area (Å²) in [4.78, 5) is 24.1. The molecule has 0 aromatic carbocycles. The van der Waals surface area contributed by atoms with Crippen molar-refractivity contribution in [1.29, 1.82) is 0 Å². The highest BCUT2D eigenvalue weighted by atomic mass is 16.2. The fourth-order valence-electron chi connectivity index (χ4n) is 4.19. The highest BCUT2D eigenvalue weighted by molar-refractivity contribution is 5.77. The quantitative estimate of drug-likeness (QED) is 0.692. The number of rotatable bonds is 7. The van der Waals surface area contributed by atoms with Gasteiger partial charge in [0.2, 0.25) is 11.8 Å². The smallest absolute Gasteiger partial charge is 0.220 e. The Labute approximate surface area is 147 Å². The van der Waals surface area contributed by atoms with Gasteiger partial charge in [0.15, 0.2) is 0 Å². The van der Waals surface area contributed by atoms with Gasteiger partial charge in [-0.25, -0.2) is 0 Å². The molecule has 0 aromatic heterocycles. The summed E-state index contributed by atoms with van der Waals surface area (Å²) in [6.07, 6.45) is 12.5. The fraction of sp³-hybridized carbons (Fsp3) is 0.900. The third-order valence-electron chi connectivity index (χ3n) is 5.97. The number of hydrogen-bond acceptors (Lipinski definition) is 2. The van der Waals surface area contributed by atoms with E-state index in [2.05, 4.69) is 24.5 Å². The lowest BCUT2D eigenvalue weighted by Gasteiger charge is -2.29. The van der Waals surface area contributed by atoms with E-state index in [-0.39, 0.29) is 11.8 Å². The topological polar surface area (TPSA) is 58.2 Å². The Morgan fingerprint density at radius 1 is 0.708 bits per heavy atom. The third kappa shape index (κ3) is 6.45. The monoisotopic (exact) mass is 336 g/mol. The number of carbonyl (C=O) groups is 2. The molecule has 0 saturated heterocycles. The summed E-state index contributed by atoms with van der Waals surface area (Å²) < 4.78 is 0. The van der Waals surface area contributed by atoms with E-state index in [0.29, 0.717) is 36.8 Å². The molecule has 4 heteroatoms. The van der Waals surface area contributed by atoms with Crippen molar-refractivity contribution in [2.45, 2.75) is 103 Å². The third-order valence-corrected chi connectivity index (χ3v) is 5.97. The van der Waals surface area contributed by atoms with Gasteiger partial charge in [0.05, 0.1) is 0 Å². The van der Waals surface area contributed by atoms with E-state index < -0.39 is 0 Å². The molecule has 4 nitrogen and oxygen atoms in total. The zero-order valence-corrected chi connectivity index (χ0v) is 15.6. The molecule has 2 N–H and O–H groups in total. The highest BCUT2D eigenvalue weighted by Crippen LogP contribution is 2.24. The van der Waals surface area contributed by atoms with Gasteiger partial charge in [0.1, 0.15) is 0 Å². The van der Waals surface area contributed by atoms with Crippen LogP contribution in [-0.2, 0) is 9.59 Å². The Morgan fingerprint density at radius 2 is 1.08 bits per heavy atom. The van der Waals surface area contributed by atoms with Crippen molar-refractivity contribution >= 4 is 11.8 Å². The van der Waals surface area contributed by atoms with E-state index in [4.69, 9.17) is 0 Å². The minimum absolute atomic E-state index is 0.162. The summed E-state index contributed by atoms with van der Waals surface area (Å²) in [5.41, 5.74) is 0. The molecule has 2 fully saturated rings. The molecule has 24 heavy (non-hydrogen) atoms. The minimum Gasteiger partial charge on any atom is -0.353 e. The van der Waals surface area contributed by atoms with Crippen molar-refractivity contribution in [3.05, 3.63) is 0 Å². The summed E-state index contributed by atoms with van der Waals surface area (Å²) >= 11 is 0. The van der Waals surface area contributed by atoms with Crippen LogP contribution in [-0.4, -0.2) is 23.9 Å². The van der Waals surface area contributed by atoms with Crippen LogP contribution in [0.15, 0.2) is 0 Å². The van der Waals surface area contributed by atoms with Crippen molar-refractivity contribution < 1.29 is 9.59 Å². The van der Waals surface area contributed by atoms with E-state index >= 15 is 0 Å². The van der Waals surface area contributed by atoms with Gasteiger partial charge in [-0.1, -0.05) is 39.5 Å². The van der Waals surface area contributed by atoms with Crippen LogP contribution in [0.1, 0.15) is 90.9 Å². The predicted molar refractivity (Wildman–Crippen MR) is 97.6 cm³/mol. The first-order valence-electron chi connectivity index (χ1n) is 10.1. The van der Waals surface area contributed by atoms with E-state index in [0.717, 1.165) is 25.7 Å². The van der Waals surface area contributed by atoms with Gasteiger partial charge in [-0.15, -0.1) is 0 Å². The summed E-state index contributed by atoms with van der Waals surface area (Å²) in [6, 6.07) is 0.727. The number of carbonyl (C=O) groups excluding carboxylic acids is 2. The lowest BCUT2D eigenvalue weighted by atomic mass is 9.86. The van der Waals surface area contributed by atoms with Gasteiger partial charge < -0.3 is 10.6 Å². The Morgan fingerprint density at radius 3 is 1.46 bits per heavy atom. The minimum atomic E-state index is 0.162. The summed E-state index contributed by atoms with van der Waals surface area (Å²) in [5.74, 6) is 1.53. The Kier molecular flexibility index (Phi) is 8.07. The van der Waals surface area contributed by atoms with Gasteiger partial charge in [0, 0.05) is 24.9 Å². The summed E-state index contributed by atoms with van der Waals surface area (Å²) in [7, 11) is 0. The SMILES string of the molecule is C[C@@H]1CCCC[C@@H]1NC(=O)CCCCC(=O)N[C@@H]1CCCC[C@@H]1C. The molecule has 2 aliphatic carbocycles. The number of hydrogen-bond donors (Lipinski definition) is 2. The molecule has 0 unspecified atom stereocenters. The van der Waals surface area contributed by atoms with Crippen molar-refractivity contribution in [2.24, 2.45) is 11.8 Å². The molecule has 0 heterocycles. The first-order chi connectivity index (χ1) is 11.6. The molecule has 0 radical (unpaired) electrons. The largest absolute Gasteiger partial charge is 0.353 e. The molecule has 2 amide bonds. The molecular weight excluding hydrogens is 300 g/mol. The van der Waals surface area contributed by atoms with Crippen LogP contribution >= 0.6 is 0 Å². The van der Waals surface area contributed by atoms with E-state index in [1.54, 1.807) is 0 Å². The van der Waals surface area contributed by atoms with Gasteiger partial charge in [-0.2, -0.15) is 0 Å². The average molecular weight is 337 g/mol. The van der Waals surface area contributed by atoms with Crippen LogP contribution in [0, 0.1) is 11.8 Å². The molecular formula is C20H36N2O2. The Bertz CT molecular complexity index is 372. The molecule has 2 aliphatic rings. The van der Waals surface area contributed by atoms with Crippen LogP contribution in [0.5, 0.6) is 0 Å². The second-order valence-electron chi connectivity index (χ2n) is 8.08. The number of amides is 2. The van der Waals surface area contributed by atoms with Crippen LogP contribution in [0.4, 0.5) is 0 Å². The van der Waals surface area contributed by atoms with Gasteiger partial charge >= 0.3 is 0 Å². The number of nitrogens with one attached hydrogen (secondary N) is 2. The molecule has 2 saturated carbocycles. The molecule has 0 aromatic rings. The molecule has 4 atom stereocenters. The molecule has 138 valence electrons. The first kappa shape index (κ1) is 19.3. The van der Waals surface area contributed by atoms with Crippen LogP contribution < -0.4 is 10.6 Å². The van der Waals surface area contributed by atoms with E-state index in [9.17, 15) is 9.59 Å². The molecule has 0 bridgehead atoms. The highest BCUT2D eigenvalue weighted by Gasteiger charge is 2.23. The van der Waals surface area contributed by atoms with Crippen molar-refractivity contribution in [2.75, 3.05) is 0 Å². The van der Waals surface area contributed by atoms with Crippen molar-refractivity contribution in [3.63, 3.8) is 0 Å². The van der Waals surface area contributed by atoms with Crippen LogP contribution in [0.2, 0.25) is 0 Å². The lowest BCUT2D eigenvalue weighted by molar-refractivity contribution is -0.124. The molecule has 0 aliphatic heterocycles. The van der Waals surface area contributed by atoms with Gasteiger partial charge in [-0.3, -0.25) is 9.59 Å². The zero-order valence-electron chi connectivity index (χ0n) is 15.6. The number of unbranched alkanes of at least 4 members (excludes halogenated alkanes) is 1. The zero-order chi connectivity index (χ0) is 17.4. The first-order valence-corrected chi connectivity index (χ1v) is 10.1. The van der Waals surface area contributed by atoms with Crippen LogP contribution in [0.25, 0.3) is 0 Å². The fourth-order valence-corrected chi connectivity index (χ4v) is 4.19. The molecule has 0 spiro atoms. The normalized spacial score (nSPS) is 30.6. The van der Waals surface area contributed by atoms with E-state index in [1.807, 2.05) is 0 Å². The van der Waals surface area contributed by atoms with E-state index in [1.165, 1.54) is 38.5 Å². The maximum Gasteiger partial charge on any atom is 0.220 e. The van der Waals surface area contributed by atoms with Crippen molar-refractivity contribution in [3.8, 4) is 0 Å². The average Bonchev–Trinajstić information content (AvgIpc) is 2.56. The predicted octanol–water partition coefficient (Wildman–Crippen LogP) is 3.94. The van der Waals surface area contributed by atoms with Crippen molar-refractivity contribution in [1.82, 2.24) is 10.6 Å².